The largest absolute Gasteiger partial charge is 0.462 e. The van der Waals surface area contributed by atoms with Crippen molar-refractivity contribution < 1.29 is 33.4 Å². The lowest BCUT2D eigenvalue weighted by atomic mass is 9.81. The molecular weight excluding hydrogens is 552 g/mol. The van der Waals surface area contributed by atoms with Gasteiger partial charge >= 0.3 is 11.9 Å². The second kappa shape index (κ2) is 10.6. The third-order valence-electron chi connectivity index (χ3n) is 5.33. The van der Waals surface area contributed by atoms with Crippen LogP contribution in [0.2, 0.25) is 0 Å². The summed E-state index contributed by atoms with van der Waals surface area (Å²) in [5.74, 6) is -3.57. The number of hydrogen-bond acceptors (Lipinski definition) is 7. The number of likely N-dealkylation sites (tertiary alicyclic amines) is 1. The molecule has 0 radical (unpaired) electrons. The van der Waals surface area contributed by atoms with Crippen molar-refractivity contribution in [2.45, 2.75) is 29.4 Å². The van der Waals surface area contributed by atoms with Crippen molar-refractivity contribution in [1.82, 2.24) is 4.90 Å². The highest BCUT2D eigenvalue weighted by Crippen LogP contribution is 2.43. The van der Waals surface area contributed by atoms with Gasteiger partial charge in [-0.2, -0.15) is 0 Å². The number of carbonyl (C=O) groups is 5. The zero-order valence-electron chi connectivity index (χ0n) is 17.2. The summed E-state index contributed by atoms with van der Waals surface area (Å²) in [6.07, 6.45) is 1.02. The van der Waals surface area contributed by atoms with Gasteiger partial charge in [-0.05, 0) is 44.0 Å². The molecule has 1 saturated heterocycles. The van der Waals surface area contributed by atoms with E-state index in [1.54, 1.807) is 6.92 Å². The van der Waals surface area contributed by atoms with Gasteiger partial charge in [-0.1, -0.05) is 31.9 Å². The fourth-order valence-corrected chi connectivity index (χ4v) is 4.98. The molecular formula is C21H22Br2N2O7. The molecule has 2 fully saturated rings. The van der Waals surface area contributed by atoms with Crippen molar-refractivity contribution in [3.8, 4) is 0 Å². The number of anilines is 1. The van der Waals surface area contributed by atoms with Gasteiger partial charge in [0.15, 0.2) is 6.61 Å². The van der Waals surface area contributed by atoms with Crippen molar-refractivity contribution in [3.63, 3.8) is 0 Å². The first-order chi connectivity index (χ1) is 15.2. The van der Waals surface area contributed by atoms with Crippen LogP contribution in [0.25, 0.3) is 0 Å². The van der Waals surface area contributed by atoms with Crippen LogP contribution in [-0.2, 0) is 28.7 Å². The van der Waals surface area contributed by atoms with Crippen LogP contribution in [0.4, 0.5) is 5.69 Å². The summed E-state index contributed by atoms with van der Waals surface area (Å²) in [4.78, 5) is 62.1. The maximum absolute atomic E-state index is 12.6. The molecule has 0 aromatic heterocycles. The van der Waals surface area contributed by atoms with Crippen LogP contribution >= 0.6 is 31.9 Å². The van der Waals surface area contributed by atoms with E-state index in [0.29, 0.717) is 24.1 Å². The number of amides is 3. The summed E-state index contributed by atoms with van der Waals surface area (Å²) in [7, 11) is 0. The molecule has 1 aliphatic heterocycles. The third kappa shape index (κ3) is 5.55. The van der Waals surface area contributed by atoms with Crippen molar-refractivity contribution >= 4 is 67.2 Å². The monoisotopic (exact) mass is 572 g/mol. The number of hydrogen-bond donors (Lipinski definition) is 1. The topological polar surface area (TPSA) is 119 Å². The van der Waals surface area contributed by atoms with Crippen LogP contribution in [0.15, 0.2) is 24.3 Å². The Kier molecular flexibility index (Phi) is 8.05. The molecule has 172 valence electrons. The Morgan fingerprint density at radius 1 is 1.00 bits per heavy atom. The fourth-order valence-electron chi connectivity index (χ4n) is 3.74. The van der Waals surface area contributed by atoms with E-state index in [0.717, 1.165) is 4.90 Å². The van der Waals surface area contributed by atoms with E-state index >= 15 is 0 Å². The fraction of sp³-hybridized carbons (Fsp3) is 0.476. The SMILES string of the molecule is CCOC(=O)c1ccc(NC(=O)COC(=O)CN2C(=O)[C@@H]3C[C@@H](Br)[C@@H](Br)C[C@H]3C2=O)cc1. The van der Waals surface area contributed by atoms with Gasteiger partial charge in [0.1, 0.15) is 6.54 Å². The highest BCUT2D eigenvalue weighted by Gasteiger charge is 2.52. The van der Waals surface area contributed by atoms with Crippen LogP contribution in [0.1, 0.15) is 30.1 Å². The lowest BCUT2D eigenvalue weighted by Gasteiger charge is -2.29. The summed E-state index contributed by atoms with van der Waals surface area (Å²) in [5.41, 5.74) is 0.746. The van der Waals surface area contributed by atoms with Gasteiger partial charge in [0.25, 0.3) is 5.91 Å². The number of alkyl halides is 2. The Morgan fingerprint density at radius 3 is 2.09 bits per heavy atom. The number of fused-ring (bicyclic) bond motifs is 1. The van der Waals surface area contributed by atoms with Gasteiger partial charge in [-0.25, -0.2) is 4.79 Å². The Balaban J connectivity index is 1.47. The predicted octanol–water partition coefficient (Wildman–Crippen LogP) is 2.27. The maximum atomic E-state index is 12.6. The van der Waals surface area contributed by atoms with Crippen LogP contribution in [-0.4, -0.2) is 64.0 Å². The van der Waals surface area contributed by atoms with Crippen molar-refractivity contribution in [1.29, 1.82) is 0 Å². The Bertz CT molecular complexity index is 893. The number of ether oxygens (including phenoxy) is 2. The second-order valence-corrected chi connectivity index (χ2v) is 9.84. The molecule has 0 spiro atoms. The molecule has 1 aromatic carbocycles. The van der Waals surface area contributed by atoms with Gasteiger partial charge in [-0.15, -0.1) is 0 Å². The van der Waals surface area contributed by atoms with Gasteiger partial charge in [-0.3, -0.25) is 24.1 Å². The normalized spacial score (nSPS) is 24.7. The van der Waals surface area contributed by atoms with E-state index in [-0.39, 0.29) is 28.1 Å². The highest BCUT2D eigenvalue weighted by atomic mass is 79.9. The van der Waals surface area contributed by atoms with E-state index in [2.05, 4.69) is 37.2 Å². The van der Waals surface area contributed by atoms with Gasteiger partial charge in [0.05, 0.1) is 24.0 Å². The third-order valence-corrected chi connectivity index (χ3v) is 8.07. The van der Waals surface area contributed by atoms with E-state index in [1.165, 1.54) is 24.3 Å². The predicted molar refractivity (Wildman–Crippen MR) is 120 cm³/mol. The molecule has 32 heavy (non-hydrogen) atoms. The number of nitrogens with one attached hydrogen (secondary N) is 1. The molecule has 1 heterocycles. The molecule has 2 aliphatic rings. The Hall–Kier alpha value is -2.27. The summed E-state index contributed by atoms with van der Waals surface area (Å²) in [6, 6.07) is 6.03. The summed E-state index contributed by atoms with van der Waals surface area (Å²) < 4.78 is 9.82. The quantitative estimate of drug-likeness (QED) is 0.302. The minimum atomic E-state index is -0.844. The number of esters is 2. The molecule has 3 amide bonds. The Labute approximate surface area is 201 Å². The van der Waals surface area contributed by atoms with Crippen LogP contribution in [0, 0.1) is 11.8 Å². The number of rotatable bonds is 7. The van der Waals surface area contributed by atoms with E-state index in [4.69, 9.17) is 9.47 Å². The molecule has 11 heteroatoms. The van der Waals surface area contributed by atoms with Crippen LogP contribution < -0.4 is 5.32 Å². The second-order valence-electron chi connectivity index (χ2n) is 7.49. The zero-order valence-corrected chi connectivity index (χ0v) is 20.4. The van der Waals surface area contributed by atoms with Crippen molar-refractivity contribution in [3.05, 3.63) is 29.8 Å². The molecule has 0 bridgehead atoms. The first kappa shape index (κ1) is 24.4. The maximum Gasteiger partial charge on any atom is 0.338 e. The van der Waals surface area contributed by atoms with Gasteiger partial charge in [0, 0.05) is 15.3 Å². The smallest absolute Gasteiger partial charge is 0.338 e. The minimum Gasteiger partial charge on any atom is -0.462 e. The molecule has 1 aromatic rings. The lowest BCUT2D eigenvalue weighted by Crippen LogP contribution is -2.37. The first-order valence-electron chi connectivity index (χ1n) is 10.1. The molecule has 1 aliphatic carbocycles. The number of imide groups is 1. The average molecular weight is 574 g/mol. The van der Waals surface area contributed by atoms with Crippen molar-refractivity contribution in [2.75, 3.05) is 25.1 Å². The van der Waals surface area contributed by atoms with E-state index < -0.39 is 42.8 Å². The molecule has 0 unspecified atom stereocenters. The standard InChI is InChI=1S/C21H22Br2N2O7/c1-2-31-21(30)11-3-5-12(6-4-11)24-17(26)10-32-18(27)9-25-19(28)13-7-15(22)16(23)8-14(13)20(25)29/h3-6,13-16H,2,7-10H2,1H3,(H,24,26)/t13-,14-,15-,16+/m1/s1. The first-order valence-corrected chi connectivity index (χ1v) is 11.9. The zero-order chi connectivity index (χ0) is 23.4. The number of nitrogens with zero attached hydrogens (tertiary/aromatic N) is 1. The van der Waals surface area contributed by atoms with Crippen LogP contribution in [0.5, 0.6) is 0 Å². The Morgan fingerprint density at radius 2 is 1.56 bits per heavy atom. The molecule has 3 rings (SSSR count). The molecule has 9 nitrogen and oxygen atoms in total. The minimum absolute atomic E-state index is 0.0717. The summed E-state index contributed by atoms with van der Waals surface area (Å²) in [5, 5.41) is 2.53. The number of carbonyl (C=O) groups excluding carboxylic acids is 5. The van der Waals surface area contributed by atoms with Crippen molar-refractivity contribution in [2.24, 2.45) is 11.8 Å². The summed E-state index contributed by atoms with van der Waals surface area (Å²) in [6.45, 7) is 0.862. The molecule has 1 saturated carbocycles. The van der Waals surface area contributed by atoms with E-state index in [1.807, 2.05) is 0 Å². The molecule has 1 N–H and O–H groups in total. The summed E-state index contributed by atoms with van der Waals surface area (Å²) >= 11 is 7.01. The van der Waals surface area contributed by atoms with Gasteiger partial charge in [0.2, 0.25) is 11.8 Å². The average Bonchev–Trinajstić information content (AvgIpc) is 2.97. The van der Waals surface area contributed by atoms with Gasteiger partial charge < -0.3 is 14.8 Å². The molecule has 4 atom stereocenters. The van der Waals surface area contributed by atoms with Crippen LogP contribution in [0.3, 0.4) is 0 Å². The lowest BCUT2D eigenvalue weighted by molar-refractivity contribution is -0.154. The number of halogens is 2. The van der Waals surface area contributed by atoms with E-state index in [9.17, 15) is 24.0 Å². The number of benzene rings is 1. The highest BCUT2D eigenvalue weighted by molar-refractivity contribution is 9.12.